The summed E-state index contributed by atoms with van der Waals surface area (Å²) in [7, 11) is 0. The van der Waals surface area contributed by atoms with Crippen molar-refractivity contribution in [2.24, 2.45) is 5.73 Å². The molecule has 0 radical (unpaired) electrons. The SMILES string of the molecule is CCCCCCCN(C(=O)C(CCC(N)=O)NC(=O)OC(C)(C)C)C(C(=O)NCCCCC)c1c(C)cccc1C. The number of carbonyl (C=O) groups excluding carboxylic acids is 4. The summed E-state index contributed by atoms with van der Waals surface area (Å²) in [6.07, 6.45) is 6.79. The second-order valence-electron chi connectivity index (χ2n) is 11.9. The van der Waals surface area contributed by atoms with Crippen LogP contribution in [0.25, 0.3) is 0 Å². The number of ether oxygens (including phenoxy) is 1. The molecule has 1 rings (SSSR count). The highest BCUT2D eigenvalue weighted by Gasteiger charge is 2.37. The number of carbonyl (C=O) groups is 4. The van der Waals surface area contributed by atoms with Crippen LogP contribution in [0.3, 0.4) is 0 Å². The van der Waals surface area contributed by atoms with Crippen LogP contribution in [0.4, 0.5) is 4.79 Å². The number of primary amides is 1. The van der Waals surface area contributed by atoms with Crippen LogP contribution in [-0.4, -0.2) is 53.4 Å². The average molecular weight is 575 g/mol. The number of hydrogen-bond acceptors (Lipinski definition) is 5. The first-order chi connectivity index (χ1) is 19.3. The topological polar surface area (TPSA) is 131 Å². The minimum Gasteiger partial charge on any atom is -0.444 e. The zero-order chi connectivity index (χ0) is 31.0. The van der Waals surface area contributed by atoms with Gasteiger partial charge in [-0.1, -0.05) is 70.6 Å². The first kappa shape index (κ1) is 35.9. The second kappa shape index (κ2) is 18.4. The molecule has 4 N–H and O–H groups in total. The summed E-state index contributed by atoms with van der Waals surface area (Å²) in [4.78, 5) is 54.3. The fraction of sp³-hybridized carbons (Fsp3) is 0.688. The molecule has 0 aliphatic rings. The smallest absolute Gasteiger partial charge is 0.408 e. The molecule has 0 fully saturated rings. The van der Waals surface area contributed by atoms with Gasteiger partial charge in [-0.3, -0.25) is 14.4 Å². The minimum absolute atomic E-state index is 0.00264. The summed E-state index contributed by atoms with van der Waals surface area (Å²) in [5, 5.41) is 5.72. The summed E-state index contributed by atoms with van der Waals surface area (Å²) in [5.41, 5.74) is 7.21. The lowest BCUT2D eigenvalue weighted by atomic mass is 9.93. The normalized spacial score (nSPS) is 12.8. The molecule has 0 saturated carbocycles. The largest absolute Gasteiger partial charge is 0.444 e. The number of nitrogens with one attached hydrogen (secondary N) is 2. The molecule has 0 spiro atoms. The van der Waals surface area contributed by atoms with E-state index in [1.165, 1.54) is 0 Å². The van der Waals surface area contributed by atoms with Crippen LogP contribution >= 0.6 is 0 Å². The van der Waals surface area contributed by atoms with Gasteiger partial charge in [-0.15, -0.1) is 0 Å². The molecule has 0 aliphatic heterocycles. The molecule has 9 nitrogen and oxygen atoms in total. The van der Waals surface area contributed by atoms with E-state index in [1.807, 2.05) is 32.0 Å². The third kappa shape index (κ3) is 13.4. The fourth-order valence-corrected chi connectivity index (χ4v) is 4.82. The maximum absolute atomic E-state index is 14.3. The summed E-state index contributed by atoms with van der Waals surface area (Å²) >= 11 is 0. The fourth-order valence-electron chi connectivity index (χ4n) is 4.82. The zero-order valence-electron chi connectivity index (χ0n) is 26.4. The Kier molecular flexibility index (Phi) is 16.1. The Morgan fingerprint density at radius 2 is 1.51 bits per heavy atom. The molecular formula is C32H54N4O5. The molecule has 0 heterocycles. The van der Waals surface area contributed by atoms with Crippen molar-refractivity contribution in [1.82, 2.24) is 15.5 Å². The van der Waals surface area contributed by atoms with Gasteiger partial charge in [-0.25, -0.2) is 4.79 Å². The Morgan fingerprint density at radius 3 is 2.07 bits per heavy atom. The van der Waals surface area contributed by atoms with Gasteiger partial charge in [0, 0.05) is 19.5 Å². The van der Waals surface area contributed by atoms with E-state index < -0.39 is 35.6 Å². The molecule has 9 heteroatoms. The van der Waals surface area contributed by atoms with Crippen LogP contribution < -0.4 is 16.4 Å². The van der Waals surface area contributed by atoms with Crippen molar-refractivity contribution in [1.29, 1.82) is 0 Å². The highest BCUT2D eigenvalue weighted by molar-refractivity contribution is 5.93. The molecule has 1 aromatic rings. The predicted octanol–water partition coefficient (Wildman–Crippen LogP) is 5.61. The van der Waals surface area contributed by atoms with Crippen LogP contribution in [0.1, 0.15) is 122 Å². The van der Waals surface area contributed by atoms with Crippen molar-refractivity contribution in [3.8, 4) is 0 Å². The minimum atomic E-state index is -1.09. The monoisotopic (exact) mass is 574 g/mol. The number of amides is 4. The molecule has 41 heavy (non-hydrogen) atoms. The molecule has 0 aromatic heterocycles. The van der Waals surface area contributed by atoms with Crippen molar-refractivity contribution in [3.63, 3.8) is 0 Å². The van der Waals surface area contributed by atoms with Gasteiger partial charge < -0.3 is 26.0 Å². The zero-order valence-corrected chi connectivity index (χ0v) is 26.4. The molecule has 2 atom stereocenters. The van der Waals surface area contributed by atoms with E-state index in [9.17, 15) is 19.2 Å². The molecular weight excluding hydrogens is 520 g/mol. The van der Waals surface area contributed by atoms with Crippen LogP contribution in [0.5, 0.6) is 0 Å². The highest BCUT2D eigenvalue weighted by Crippen LogP contribution is 2.29. The van der Waals surface area contributed by atoms with E-state index in [2.05, 4.69) is 24.5 Å². The number of nitrogens with two attached hydrogens (primary N) is 1. The Bertz CT molecular complexity index is 969. The molecule has 0 aliphatic carbocycles. The first-order valence-corrected chi connectivity index (χ1v) is 15.2. The van der Waals surface area contributed by atoms with Crippen molar-refractivity contribution < 1.29 is 23.9 Å². The van der Waals surface area contributed by atoms with Gasteiger partial charge in [0.1, 0.15) is 17.7 Å². The van der Waals surface area contributed by atoms with Crippen molar-refractivity contribution in [2.75, 3.05) is 13.1 Å². The van der Waals surface area contributed by atoms with Gasteiger partial charge in [0.25, 0.3) is 0 Å². The number of rotatable bonds is 18. The molecule has 4 amide bonds. The Morgan fingerprint density at radius 1 is 0.927 bits per heavy atom. The van der Waals surface area contributed by atoms with Gasteiger partial charge >= 0.3 is 6.09 Å². The van der Waals surface area contributed by atoms with Gasteiger partial charge in [-0.2, -0.15) is 0 Å². The summed E-state index contributed by atoms with van der Waals surface area (Å²) in [6, 6.07) is 3.82. The van der Waals surface area contributed by atoms with E-state index in [1.54, 1.807) is 25.7 Å². The average Bonchev–Trinajstić information content (AvgIpc) is 2.87. The Balaban J connectivity index is 3.55. The van der Waals surface area contributed by atoms with Gasteiger partial charge in [0.2, 0.25) is 17.7 Å². The standard InChI is InChI=1S/C32H54N4O5/c1-8-10-12-13-15-22-36(30(39)25(19-20-26(33)37)35-31(40)41-32(5,6)7)28(29(38)34-21-14-11-9-2)27-23(3)17-16-18-24(27)4/h16-18,25,28H,8-15,19-22H2,1-7H3,(H2,33,37)(H,34,38)(H,35,40). The molecule has 2 unspecified atom stereocenters. The summed E-state index contributed by atoms with van der Waals surface area (Å²) < 4.78 is 5.42. The van der Waals surface area contributed by atoms with E-state index >= 15 is 0 Å². The number of nitrogens with zero attached hydrogens (tertiary/aromatic N) is 1. The lowest BCUT2D eigenvalue weighted by Crippen LogP contribution is -2.53. The Hall–Kier alpha value is -3.10. The third-order valence-electron chi connectivity index (χ3n) is 6.91. The molecule has 0 bridgehead atoms. The van der Waals surface area contributed by atoms with Gasteiger partial charge in [0.05, 0.1) is 0 Å². The third-order valence-corrected chi connectivity index (χ3v) is 6.91. The van der Waals surface area contributed by atoms with E-state index in [-0.39, 0.29) is 18.7 Å². The van der Waals surface area contributed by atoms with Crippen LogP contribution in [0.2, 0.25) is 0 Å². The summed E-state index contributed by atoms with van der Waals surface area (Å²) in [6.45, 7) is 14.1. The second-order valence-corrected chi connectivity index (χ2v) is 11.9. The van der Waals surface area contributed by atoms with E-state index in [0.717, 1.165) is 61.6 Å². The number of benzene rings is 1. The van der Waals surface area contributed by atoms with Gasteiger partial charge in [0.15, 0.2) is 0 Å². The van der Waals surface area contributed by atoms with Crippen molar-refractivity contribution in [2.45, 2.75) is 130 Å². The van der Waals surface area contributed by atoms with Crippen LogP contribution in [0, 0.1) is 13.8 Å². The van der Waals surface area contributed by atoms with E-state index in [0.29, 0.717) is 19.5 Å². The maximum Gasteiger partial charge on any atom is 0.408 e. The van der Waals surface area contributed by atoms with Gasteiger partial charge in [-0.05, 0) is 70.6 Å². The Labute approximate surface area is 247 Å². The number of alkyl carbamates (subject to hydrolysis) is 1. The predicted molar refractivity (Wildman–Crippen MR) is 163 cm³/mol. The van der Waals surface area contributed by atoms with Crippen molar-refractivity contribution in [3.05, 3.63) is 34.9 Å². The number of hydrogen-bond donors (Lipinski definition) is 3. The number of aryl methyl sites for hydroxylation is 2. The first-order valence-electron chi connectivity index (χ1n) is 15.2. The van der Waals surface area contributed by atoms with Crippen molar-refractivity contribution >= 4 is 23.8 Å². The lowest BCUT2D eigenvalue weighted by Gasteiger charge is -2.36. The van der Waals surface area contributed by atoms with Crippen LogP contribution in [-0.2, 0) is 19.1 Å². The molecule has 1 aromatic carbocycles. The maximum atomic E-state index is 14.3. The van der Waals surface area contributed by atoms with Crippen LogP contribution in [0.15, 0.2) is 18.2 Å². The lowest BCUT2D eigenvalue weighted by molar-refractivity contribution is -0.143. The van der Waals surface area contributed by atoms with E-state index in [4.69, 9.17) is 10.5 Å². The molecule has 0 saturated heterocycles. The summed E-state index contributed by atoms with van der Waals surface area (Å²) in [5.74, 6) is -1.28. The quantitative estimate of drug-likeness (QED) is 0.196. The molecule has 232 valence electrons. The highest BCUT2D eigenvalue weighted by atomic mass is 16.6. The number of unbranched alkanes of at least 4 members (excludes halogenated alkanes) is 6.